The van der Waals surface area contributed by atoms with Crippen molar-refractivity contribution in [3.05, 3.63) is 112 Å². The van der Waals surface area contributed by atoms with Crippen LogP contribution in [0.2, 0.25) is 5.02 Å². The molecule has 1 aliphatic carbocycles. The average molecular weight is 522 g/mol. The van der Waals surface area contributed by atoms with Crippen LogP contribution in [-0.4, -0.2) is 23.2 Å². The maximum Gasteiger partial charge on any atom is 0.336 e. The smallest absolute Gasteiger partial charge is 0.336 e. The van der Waals surface area contributed by atoms with Crippen molar-refractivity contribution in [2.75, 3.05) is 11.9 Å². The predicted molar refractivity (Wildman–Crippen MR) is 150 cm³/mol. The molecule has 186 valence electrons. The molecule has 0 atom stereocenters. The first-order chi connectivity index (χ1) is 18.3. The van der Waals surface area contributed by atoms with Gasteiger partial charge in [0.25, 0.3) is 0 Å². The monoisotopic (exact) mass is 521 g/mol. The number of anilines is 2. The van der Waals surface area contributed by atoms with Gasteiger partial charge < -0.3 is 19.5 Å². The summed E-state index contributed by atoms with van der Waals surface area (Å²) in [6, 6.07) is 26.4. The van der Waals surface area contributed by atoms with Crippen molar-refractivity contribution in [2.24, 2.45) is 0 Å². The van der Waals surface area contributed by atoms with Gasteiger partial charge in [-0.05, 0) is 71.6 Å². The van der Waals surface area contributed by atoms with E-state index in [1.54, 1.807) is 36.4 Å². The topological polar surface area (TPSA) is 91.0 Å². The number of carboxylic acid groups (broad SMARTS) is 1. The third kappa shape index (κ3) is 3.83. The van der Waals surface area contributed by atoms with Crippen molar-refractivity contribution in [2.45, 2.75) is 0 Å². The molecule has 0 unspecified atom stereocenters. The van der Waals surface area contributed by atoms with Gasteiger partial charge in [-0.3, -0.25) is 4.79 Å². The minimum Gasteiger partial charge on any atom is -0.508 e. The number of aromatic carboxylic acids is 1. The quantitative estimate of drug-likeness (QED) is 0.184. The standard InChI is InChI=1S/C31H20ClNO5/c1-33(18-7-10-20(34)11-8-18)19-9-13-21-17(14-19)6-12-24-29(22-4-2-3-5-23(22)31(36)37)25-15-26(32)27(35)16-28(25)38-30(21)24/h2-16,34H,1H3,(H,36,37). The second kappa shape index (κ2) is 8.94. The first-order valence-electron chi connectivity index (χ1n) is 11.8. The Morgan fingerprint density at radius 3 is 2.32 bits per heavy atom. The van der Waals surface area contributed by atoms with Crippen LogP contribution in [0.5, 0.6) is 5.75 Å². The number of hydrogen-bond acceptors (Lipinski definition) is 5. The highest BCUT2D eigenvalue weighted by Gasteiger charge is 2.23. The number of phenols is 1. The number of phenolic OH excluding ortho intramolecular Hbond substituents is 1. The minimum absolute atomic E-state index is 0.0313. The highest BCUT2D eigenvalue weighted by Crippen LogP contribution is 2.44. The third-order valence-electron chi connectivity index (χ3n) is 6.79. The van der Waals surface area contributed by atoms with Gasteiger partial charge in [-0.1, -0.05) is 35.9 Å². The number of nitrogens with zero attached hydrogens (tertiary/aromatic N) is 1. The molecule has 4 aromatic rings. The second-order valence-electron chi connectivity index (χ2n) is 9.03. The Morgan fingerprint density at radius 2 is 1.55 bits per heavy atom. The maximum absolute atomic E-state index is 12.4. The highest BCUT2D eigenvalue weighted by atomic mass is 35.5. The fraction of sp³-hybridized carbons (Fsp3) is 0.0323. The summed E-state index contributed by atoms with van der Waals surface area (Å²) >= 11 is 6.21. The summed E-state index contributed by atoms with van der Waals surface area (Å²) in [5.41, 5.74) is 3.81. The van der Waals surface area contributed by atoms with Crippen LogP contribution in [0, 0.1) is 0 Å². The van der Waals surface area contributed by atoms with Gasteiger partial charge in [0.2, 0.25) is 5.43 Å². The van der Waals surface area contributed by atoms with E-state index in [-0.39, 0.29) is 21.8 Å². The van der Waals surface area contributed by atoms with Gasteiger partial charge in [-0.25, -0.2) is 4.79 Å². The summed E-state index contributed by atoms with van der Waals surface area (Å²) in [5, 5.41) is 22.0. The molecule has 2 aliphatic rings. The summed E-state index contributed by atoms with van der Waals surface area (Å²) in [4.78, 5) is 26.5. The van der Waals surface area contributed by atoms with Gasteiger partial charge in [0.1, 0.15) is 17.1 Å². The summed E-state index contributed by atoms with van der Waals surface area (Å²) < 4.78 is 6.31. The van der Waals surface area contributed by atoms with Crippen molar-refractivity contribution in [3.8, 4) is 28.2 Å². The lowest BCUT2D eigenvalue weighted by molar-refractivity contribution is 0.0697. The molecule has 0 bridgehead atoms. The number of rotatable bonds is 4. The summed E-state index contributed by atoms with van der Waals surface area (Å²) in [6.45, 7) is 0. The molecule has 2 N–H and O–H groups in total. The van der Waals surface area contributed by atoms with Gasteiger partial charge in [0, 0.05) is 46.4 Å². The lowest BCUT2D eigenvalue weighted by Gasteiger charge is -2.21. The first kappa shape index (κ1) is 23.6. The lowest BCUT2D eigenvalue weighted by atomic mass is 9.90. The molecule has 4 aromatic carbocycles. The number of carboxylic acids is 1. The van der Waals surface area contributed by atoms with Crippen molar-refractivity contribution < 1.29 is 19.4 Å². The second-order valence-corrected chi connectivity index (χ2v) is 9.44. The highest BCUT2D eigenvalue weighted by molar-refractivity contribution is 6.31. The molecule has 6 rings (SSSR count). The summed E-state index contributed by atoms with van der Waals surface area (Å²) in [7, 11) is 1.94. The Kier molecular flexibility index (Phi) is 5.55. The molecule has 0 spiro atoms. The lowest BCUT2D eigenvalue weighted by Crippen LogP contribution is -2.09. The number of halogens is 1. The maximum atomic E-state index is 12.4. The average Bonchev–Trinajstić information content (AvgIpc) is 2.92. The molecule has 0 amide bonds. The van der Waals surface area contributed by atoms with E-state index in [4.69, 9.17) is 16.0 Å². The van der Waals surface area contributed by atoms with Gasteiger partial charge in [-0.2, -0.15) is 0 Å². The van der Waals surface area contributed by atoms with E-state index in [1.165, 1.54) is 12.1 Å². The normalized spacial score (nSPS) is 11.3. The molecular formula is C31H20ClNO5. The van der Waals surface area contributed by atoms with Crippen LogP contribution >= 0.6 is 11.6 Å². The van der Waals surface area contributed by atoms with Gasteiger partial charge in [0.15, 0.2) is 0 Å². The molecule has 6 nitrogen and oxygen atoms in total. The van der Waals surface area contributed by atoms with Crippen molar-refractivity contribution in [3.63, 3.8) is 0 Å². The first-order valence-corrected chi connectivity index (χ1v) is 12.2. The summed E-state index contributed by atoms with van der Waals surface area (Å²) in [5.74, 6) is -0.541. The van der Waals surface area contributed by atoms with Crippen LogP contribution in [0.25, 0.3) is 44.2 Å². The van der Waals surface area contributed by atoms with Gasteiger partial charge >= 0.3 is 5.97 Å². The third-order valence-corrected chi connectivity index (χ3v) is 7.09. The Bertz CT molecular complexity index is 1910. The zero-order valence-electron chi connectivity index (χ0n) is 20.1. The molecule has 0 radical (unpaired) electrons. The van der Waals surface area contributed by atoms with E-state index in [2.05, 4.69) is 0 Å². The van der Waals surface area contributed by atoms with Crippen LogP contribution in [-0.2, 0) is 0 Å². The van der Waals surface area contributed by atoms with E-state index >= 15 is 0 Å². The number of aromatic hydroxyl groups is 1. The van der Waals surface area contributed by atoms with E-state index in [1.807, 2.05) is 54.4 Å². The van der Waals surface area contributed by atoms with Crippen molar-refractivity contribution in [1.29, 1.82) is 0 Å². The molecule has 1 heterocycles. The molecule has 38 heavy (non-hydrogen) atoms. The van der Waals surface area contributed by atoms with Crippen LogP contribution in [0.3, 0.4) is 0 Å². The molecule has 1 aliphatic heterocycles. The number of benzene rings is 5. The van der Waals surface area contributed by atoms with Crippen LogP contribution in [0.15, 0.2) is 100 Å². The zero-order valence-corrected chi connectivity index (χ0v) is 20.9. The Hall–Kier alpha value is -4.81. The Morgan fingerprint density at radius 1 is 0.842 bits per heavy atom. The van der Waals surface area contributed by atoms with E-state index < -0.39 is 5.97 Å². The number of fused-ring (bicyclic) bond motifs is 4. The molecule has 0 saturated carbocycles. The van der Waals surface area contributed by atoms with Crippen molar-refractivity contribution in [1.82, 2.24) is 0 Å². The van der Waals surface area contributed by atoms with Crippen LogP contribution < -0.4 is 10.3 Å². The van der Waals surface area contributed by atoms with Crippen LogP contribution in [0.1, 0.15) is 10.4 Å². The molecule has 0 fully saturated rings. The SMILES string of the molecule is CN(c1ccc(O)cc1)c1ccc2c(ccc3c(-c4ccccc4C(=O)O)c4cc(Cl)c(=O)cc-4oc32)c1. The van der Waals surface area contributed by atoms with Gasteiger partial charge in [0.05, 0.1) is 10.6 Å². The van der Waals surface area contributed by atoms with Gasteiger partial charge in [-0.15, -0.1) is 0 Å². The minimum atomic E-state index is -1.06. The number of hydrogen-bond donors (Lipinski definition) is 2. The Labute approximate surface area is 221 Å². The van der Waals surface area contributed by atoms with E-state index in [0.29, 0.717) is 33.4 Å². The fourth-order valence-electron chi connectivity index (χ4n) is 4.88. The molecule has 0 aromatic heterocycles. The fourth-order valence-corrected chi connectivity index (χ4v) is 5.04. The van der Waals surface area contributed by atoms with Crippen LogP contribution in [0.4, 0.5) is 11.4 Å². The number of carbonyl (C=O) groups is 1. The van der Waals surface area contributed by atoms with Crippen molar-refractivity contribution >= 4 is 50.7 Å². The zero-order chi connectivity index (χ0) is 26.6. The predicted octanol–water partition coefficient (Wildman–Crippen LogP) is 7.54. The Balaban J connectivity index is 1.64. The molecule has 0 saturated heterocycles. The van der Waals surface area contributed by atoms with E-state index in [0.717, 1.165) is 22.1 Å². The summed E-state index contributed by atoms with van der Waals surface area (Å²) in [6.07, 6.45) is 0. The largest absolute Gasteiger partial charge is 0.508 e. The molecular weight excluding hydrogens is 502 g/mol. The molecule has 7 heteroatoms. The van der Waals surface area contributed by atoms with E-state index in [9.17, 15) is 19.8 Å².